The van der Waals surface area contributed by atoms with E-state index in [-0.39, 0.29) is 11.6 Å². The first-order valence-corrected chi connectivity index (χ1v) is 8.61. The maximum absolute atomic E-state index is 9.19. The van der Waals surface area contributed by atoms with Gasteiger partial charge >= 0.3 is 0 Å². The van der Waals surface area contributed by atoms with Crippen molar-refractivity contribution in [1.29, 1.82) is 0 Å². The predicted octanol–water partition coefficient (Wildman–Crippen LogP) is 1.92. The summed E-state index contributed by atoms with van der Waals surface area (Å²) in [5.74, 6) is 0. The van der Waals surface area contributed by atoms with E-state index in [4.69, 9.17) is 20.9 Å². The average molecular weight is 346 g/mol. The molecule has 1 aliphatic heterocycles. The highest BCUT2D eigenvalue weighted by Gasteiger charge is 2.52. The molecule has 9 heteroatoms. The Bertz CT molecular complexity index is 704. The van der Waals surface area contributed by atoms with Crippen LogP contribution in [0.2, 0.25) is 5.02 Å². The first kappa shape index (κ1) is 16.9. The molecule has 22 heavy (non-hydrogen) atoms. The van der Waals surface area contributed by atoms with Gasteiger partial charge in [0, 0.05) is 5.02 Å². The van der Waals surface area contributed by atoms with Gasteiger partial charge in [-0.05, 0) is 24.6 Å². The number of hydrogen-bond donors (Lipinski definition) is 1. The van der Waals surface area contributed by atoms with Crippen molar-refractivity contribution in [3.05, 3.63) is 47.5 Å². The van der Waals surface area contributed by atoms with Crippen LogP contribution in [0.4, 0.5) is 0 Å². The fourth-order valence-electron chi connectivity index (χ4n) is 2.09. The number of hydrogen-bond acceptors (Lipinski definition) is 5. The first-order chi connectivity index (χ1) is 10.2. The van der Waals surface area contributed by atoms with Crippen LogP contribution in [0.25, 0.3) is 0 Å². The zero-order chi connectivity index (χ0) is 16.4. The molecule has 2 unspecified atom stereocenters. The van der Waals surface area contributed by atoms with Crippen molar-refractivity contribution in [2.24, 2.45) is 0 Å². The maximum atomic E-state index is 9.19. The number of nitrogens with zero attached hydrogens (tertiary/aromatic N) is 3. The van der Waals surface area contributed by atoms with Crippen molar-refractivity contribution in [3.63, 3.8) is 0 Å². The zero-order valence-electron chi connectivity index (χ0n) is 12.0. The molecule has 120 valence electrons. The number of rotatable bonds is 3. The quantitative estimate of drug-likeness (QED) is 0.674. The van der Waals surface area contributed by atoms with Gasteiger partial charge in [0.1, 0.15) is 18.3 Å². The molecule has 1 fully saturated rings. The van der Waals surface area contributed by atoms with Crippen LogP contribution in [0, 0.1) is 0 Å². The minimum absolute atomic E-state index is 0.117. The van der Waals surface area contributed by atoms with E-state index in [9.17, 15) is 8.42 Å². The van der Waals surface area contributed by atoms with Gasteiger partial charge in [0.05, 0.1) is 18.9 Å². The van der Waals surface area contributed by atoms with Gasteiger partial charge in [0.15, 0.2) is 0 Å². The summed E-state index contributed by atoms with van der Waals surface area (Å²) >= 11 is 5.89. The van der Waals surface area contributed by atoms with Gasteiger partial charge in [-0.2, -0.15) is 13.5 Å². The summed E-state index contributed by atoms with van der Waals surface area (Å²) in [6.45, 7) is 2.78. The van der Waals surface area contributed by atoms with Crippen molar-refractivity contribution >= 4 is 21.7 Å². The van der Waals surface area contributed by atoms with Crippen molar-refractivity contribution < 1.29 is 17.7 Å². The second kappa shape index (κ2) is 6.33. The molecule has 7 nitrogen and oxygen atoms in total. The second-order valence-electron chi connectivity index (χ2n) is 4.97. The predicted molar refractivity (Wildman–Crippen MR) is 81.3 cm³/mol. The lowest BCUT2D eigenvalue weighted by atomic mass is 9.93. The largest absolute Gasteiger partial charge is 0.362 e. The second-order valence-corrected chi connectivity index (χ2v) is 6.87. The lowest BCUT2D eigenvalue weighted by Gasteiger charge is -2.20. The molecule has 0 spiro atoms. The molecule has 2 atom stereocenters. The van der Waals surface area contributed by atoms with Crippen LogP contribution in [0.3, 0.4) is 0 Å². The van der Waals surface area contributed by atoms with E-state index in [2.05, 4.69) is 17.0 Å². The van der Waals surface area contributed by atoms with Crippen molar-refractivity contribution in [2.75, 3.05) is 12.9 Å². The Morgan fingerprint density at radius 3 is 2.36 bits per heavy atom. The topological polar surface area (TPSA) is 97.6 Å². The van der Waals surface area contributed by atoms with Crippen LogP contribution in [0.5, 0.6) is 0 Å². The van der Waals surface area contributed by atoms with Gasteiger partial charge in [-0.25, -0.2) is 9.67 Å². The van der Waals surface area contributed by atoms with Crippen LogP contribution in [0.15, 0.2) is 36.9 Å². The Kier molecular flexibility index (Phi) is 4.86. The third-order valence-corrected chi connectivity index (χ3v) is 3.55. The van der Waals surface area contributed by atoms with E-state index in [1.807, 2.05) is 28.9 Å². The van der Waals surface area contributed by atoms with Crippen LogP contribution in [0.1, 0.15) is 18.5 Å². The molecule has 1 saturated heterocycles. The molecule has 1 N–H and O–H groups in total. The summed E-state index contributed by atoms with van der Waals surface area (Å²) in [6.07, 6.45) is 3.96. The highest BCUT2D eigenvalue weighted by molar-refractivity contribution is 7.85. The average Bonchev–Trinajstić information content (AvgIpc) is 3.04. The monoisotopic (exact) mass is 345 g/mol. The first-order valence-electron chi connectivity index (χ1n) is 6.39. The number of halogens is 1. The van der Waals surface area contributed by atoms with Gasteiger partial charge in [-0.15, -0.1) is 0 Å². The Labute approximate surface area is 133 Å². The molecule has 1 aliphatic rings. The van der Waals surface area contributed by atoms with Gasteiger partial charge < -0.3 is 4.74 Å². The number of benzene rings is 1. The summed E-state index contributed by atoms with van der Waals surface area (Å²) in [7, 11) is -3.67. The minimum atomic E-state index is -3.67. The van der Waals surface area contributed by atoms with E-state index >= 15 is 0 Å². The number of aromatic nitrogens is 3. The molecule has 0 amide bonds. The Morgan fingerprint density at radius 1 is 1.41 bits per heavy atom. The van der Waals surface area contributed by atoms with Crippen molar-refractivity contribution in [2.45, 2.75) is 18.6 Å². The highest BCUT2D eigenvalue weighted by atomic mass is 35.5. The molecule has 1 aromatic carbocycles. The molecule has 0 bridgehead atoms. The molecule has 1 aromatic heterocycles. The third-order valence-electron chi connectivity index (χ3n) is 3.30. The molecular formula is C13H16ClN3O4S. The Balaban J connectivity index is 0.000000309. The van der Waals surface area contributed by atoms with Crippen LogP contribution >= 0.6 is 11.6 Å². The smallest absolute Gasteiger partial charge is 0.261 e. The summed E-state index contributed by atoms with van der Waals surface area (Å²) in [4.78, 5) is 3.97. The van der Waals surface area contributed by atoms with E-state index in [1.54, 1.807) is 6.33 Å². The SMILES string of the molecule is CC(n1cncn1)C1(c2ccc(Cl)cc2)CO1.CS(=O)(=O)O. The van der Waals surface area contributed by atoms with E-state index in [0.29, 0.717) is 12.9 Å². The maximum Gasteiger partial charge on any atom is 0.261 e. The highest BCUT2D eigenvalue weighted by Crippen LogP contribution is 2.47. The lowest BCUT2D eigenvalue weighted by Crippen LogP contribution is -2.23. The van der Waals surface area contributed by atoms with Gasteiger partial charge in [-0.1, -0.05) is 23.7 Å². The lowest BCUT2D eigenvalue weighted by molar-refractivity contribution is 0.220. The summed E-state index contributed by atoms with van der Waals surface area (Å²) in [5, 5.41) is 4.90. The van der Waals surface area contributed by atoms with E-state index in [1.165, 1.54) is 6.33 Å². The van der Waals surface area contributed by atoms with Gasteiger partial charge in [0.2, 0.25) is 0 Å². The van der Waals surface area contributed by atoms with E-state index < -0.39 is 10.1 Å². The number of ether oxygens (including phenoxy) is 1. The Hall–Kier alpha value is -1.48. The molecule has 0 aliphatic carbocycles. The Morgan fingerprint density at radius 2 is 1.95 bits per heavy atom. The molecular weight excluding hydrogens is 330 g/mol. The molecule has 0 saturated carbocycles. The van der Waals surface area contributed by atoms with Crippen molar-refractivity contribution in [1.82, 2.24) is 14.8 Å². The molecule has 0 radical (unpaired) electrons. The van der Waals surface area contributed by atoms with Gasteiger partial charge in [0.25, 0.3) is 10.1 Å². The minimum Gasteiger partial charge on any atom is -0.362 e. The van der Waals surface area contributed by atoms with Crippen molar-refractivity contribution in [3.8, 4) is 0 Å². The third kappa shape index (κ3) is 4.26. The fourth-order valence-corrected chi connectivity index (χ4v) is 2.22. The molecule has 3 rings (SSSR count). The number of epoxide rings is 1. The summed E-state index contributed by atoms with van der Waals surface area (Å²) in [6, 6.07) is 7.89. The fraction of sp³-hybridized carbons (Fsp3) is 0.385. The molecule has 2 aromatic rings. The summed E-state index contributed by atoms with van der Waals surface area (Å²) in [5.41, 5.74) is 0.850. The van der Waals surface area contributed by atoms with Gasteiger partial charge in [-0.3, -0.25) is 4.55 Å². The molecule has 2 heterocycles. The van der Waals surface area contributed by atoms with E-state index in [0.717, 1.165) is 10.6 Å². The van der Waals surface area contributed by atoms with Crippen LogP contribution in [-0.2, 0) is 20.5 Å². The normalized spacial score (nSPS) is 21.6. The standard InChI is InChI=1S/C12H12ClN3O.CH4O3S/c1-9(16-8-14-7-15-16)12(6-17-12)10-2-4-11(13)5-3-10;1-5(2,3)4/h2-5,7-9H,6H2,1H3;1H3,(H,2,3,4). The van der Waals surface area contributed by atoms with Crippen LogP contribution < -0.4 is 0 Å². The van der Waals surface area contributed by atoms with Crippen LogP contribution in [-0.4, -0.2) is 40.6 Å². The zero-order valence-corrected chi connectivity index (χ0v) is 13.6. The summed E-state index contributed by atoms with van der Waals surface area (Å²) < 4.78 is 33.4.